The van der Waals surface area contributed by atoms with E-state index in [1.54, 1.807) is 0 Å². The highest BCUT2D eigenvalue weighted by atomic mass is 32.1. The molecule has 0 saturated heterocycles. The van der Waals surface area contributed by atoms with Gasteiger partial charge in [0.15, 0.2) is 11.5 Å². The number of benzene rings is 1. The molecule has 0 aliphatic carbocycles. The molecule has 1 aromatic carbocycles. The summed E-state index contributed by atoms with van der Waals surface area (Å²) in [7, 11) is 0. The van der Waals surface area contributed by atoms with E-state index >= 15 is 0 Å². The van der Waals surface area contributed by atoms with E-state index in [0.717, 1.165) is 35.5 Å². The van der Waals surface area contributed by atoms with E-state index in [-0.39, 0.29) is 0 Å². The van der Waals surface area contributed by atoms with Crippen molar-refractivity contribution in [2.24, 2.45) is 4.99 Å². The lowest BCUT2D eigenvalue weighted by Gasteiger charge is -1.98. The van der Waals surface area contributed by atoms with Crippen molar-refractivity contribution in [1.82, 2.24) is 4.98 Å². The van der Waals surface area contributed by atoms with Gasteiger partial charge in [-0.1, -0.05) is 39.0 Å². The number of hydrogen-bond acceptors (Lipinski definition) is 4. The van der Waals surface area contributed by atoms with Crippen LogP contribution in [0.15, 0.2) is 27.6 Å². The molecule has 0 aliphatic rings. The van der Waals surface area contributed by atoms with Gasteiger partial charge >= 0.3 is 0 Å². The predicted molar refractivity (Wildman–Crippen MR) is 85.8 cm³/mol. The molecular formula is C16H20N2OS. The van der Waals surface area contributed by atoms with E-state index in [1.165, 1.54) is 32.1 Å². The third-order valence-corrected chi connectivity index (χ3v) is 3.43. The minimum absolute atomic E-state index is 0.759. The molecule has 0 fully saturated rings. The number of unbranched alkanes of at least 4 members (excludes halogenated alkanes) is 5. The third-order valence-electron chi connectivity index (χ3n) is 3.34. The first kappa shape index (κ1) is 14.9. The van der Waals surface area contributed by atoms with Crippen molar-refractivity contribution in [3.63, 3.8) is 0 Å². The summed E-state index contributed by atoms with van der Waals surface area (Å²) in [5.74, 6) is 0.818. The van der Waals surface area contributed by atoms with Gasteiger partial charge in [-0.25, -0.2) is 4.98 Å². The average Bonchev–Trinajstić information content (AvgIpc) is 2.85. The van der Waals surface area contributed by atoms with Crippen molar-refractivity contribution < 1.29 is 4.42 Å². The van der Waals surface area contributed by atoms with Gasteiger partial charge < -0.3 is 4.42 Å². The van der Waals surface area contributed by atoms with Crippen LogP contribution in [0, 0.1) is 0 Å². The molecule has 106 valence electrons. The number of rotatable bonds is 8. The zero-order chi connectivity index (χ0) is 14.2. The number of hydrogen-bond donors (Lipinski definition) is 0. The van der Waals surface area contributed by atoms with Crippen molar-refractivity contribution in [1.29, 1.82) is 0 Å². The number of aromatic nitrogens is 1. The Labute approximate surface area is 125 Å². The number of thiocarbonyl (C=S) groups is 1. The molecule has 20 heavy (non-hydrogen) atoms. The number of aryl methyl sites for hydroxylation is 1. The summed E-state index contributed by atoms with van der Waals surface area (Å²) in [6, 6.07) is 5.64. The third kappa shape index (κ3) is 4.26. The predicted octanol–water partition coefficient (Wildman–Crippen LogP) is 5.47. The fourth-order valence-electron chi connectivity index (χ4n) is 2.25. The van der Waals surface area contributed by atoms with E-state index in [4.69, 9.17) is 4.42 Å². The Morgan fingerprint density at radius 1 is 1.20 bits per heavy atom. The second-order valence-corrected chi connectivity index (χ2v) is 5.16. The summed E-state index contributed by atoms with van der Waals surface area (Å²) in [5, 5.41) is 2.36. The van der Waals surface area contributed by atoms with E-state index < -0.39 is 0 Å². The van der Waals surface area contributed by atoms with Crippen LogP contribution in [0.3, 0.4) is 0 Å². The van der Waals surface area contributed by atoms with Crippen LogP contribution >= 0.6 is 12.2 Å². The quantitative estimate of drug-likeness (QED) is 0.367. The van der Waals surface area contributed by atoms with Crippen molar-refractivity contribution in [2.75, 3.05) is 0 Å². The van der Waals surface area contributed by atoms with Gasteiger partial charge in [0.1, 0.15) is 5.52 Å². The summed E-state index contributed by atoms with van der Waals surface area (Å²) in [6.07, 6.45) is 8.57. The number of nitrogens with zero attached hydrogens (tertiary/aromatic N) is 2. The van der Waals surface area contributed by atoms with Crippen LogP contribution in [0.1, 0.15) is 51.3 Å². The monoisotopic (exact) mass is 288 g/mol. The van der Waals surface area contributed by atoms with Crippen LogP contribution in [0.25, 0.3) is 11.1 Å². The summed E-state index contributed by atoms with van der Waals surface area (Å²) in [4.78, 5) is 8.44. The van der Waals surface area contributed by atoms with Gasteiger partial charge in [-0.3, -0.25) is 0 Å². The summed E-state index contributed by atoms with van der Waals surface area (Å²) in [6.45, 7) is 2.24. The highest BCUT2D eigenvalue weighted by Crippen LogP contribution is 2.22. The molecule has 4 heteroatoms. The Kier molecular flexibility index (Phi) is 5.90. The largest absolute Gasteiger partial charge is 0.441 e. The summed E-state index contributed by atoms with van der Waals surface area (Å²) < 4.78 is 5.75. The van der Waals surface area contributed by atoms with E-state index in [9.17, 15) is 0 Å². The molecule has 0 unspecified atom stereocenters. The maximum Gasteiger partial charge on any atom is 0.195 e. The molecule has 0 spiro atoms. The summed E-state index contributed by atoms with van der Waals surface area (Å²) in [5.41, 5.74) is 2.42. The molecule has 1 aromatic heterocycles. The molecule has 2 aromatic rings. The van der Waals surface area contributed by atoms with Gasteiger partial charge in [-0.15, -0.1) is 0 Å². The zero-order valence-corrected chi connectivity index (χ0v) is 12.7. The molecule has 0 aliphatic heterocycles. The normalized spacial score (nSPS) is 10.7. The number of isothiocyanates is 1. The highest BCUT2D eigenvalue weighted by molar-refractivity contribution is 7.78. The van der Waals surface area contributed by atoms with Crippen LogP contribution in [-0.4, -0.2) is 10.1 Å². The second-order valence-electron chi connectivity index (χ2n) is 4.98. The molecule has 0 bridgehead atoms. The van der Waals surface area contributed by atoms with Crippen LogP contribution in [0.4, 0.5) is 5.69 Å². The molecule has 2 rings (SSSR count). The minimum atomic E-state index is 0.759. The first-order valence-corrected chi connectivity index (χ1v) is 7.71. The Bertz CT molecular complexity index is 600. The molecule has 3 nitrogen and oxygen atoms in total. The Morgan fingerprint density at radius 2 is 2.00 bits per heavy atom. The van der Waals surface area contributed by atoms with E-state index in [0.29, 0.717) is 0 Å². The topological polar surface area (TPSA) is 38.4 Å². The molecule has 1 heterocycles. The Balaban J connectivity index is 1.89. The first-order chi connectivity index (χ1) is 9.83. The lowest BCUT2D eigenvalue weighted by atomic mass is 10.1. The van der Waals surface area contributed by atoms with Crippen molar-refractivity contribution >= 4 is 34.2 Å². The van der Waals surface area contributed by atoms with E-state index in [1.807, 2.05) is 18.2 Å². The molecule has 0 amide bonds. The van der Waals surface area contributed by atoms with Gasteiger partial charge in [0.25, 0.3) is 0 Å². The van der Waals surface area contributed by atoms with Crippen molar-refractivity contribution in [2.45, 2.75) is 51.9 Å². The van der Waals surface area contributed by atoms with Gasteiger partial charge in [0, 0.05) is 12.5 Å². The molecular weight excluding hydrogens is 268 g/mol. The van der Waals surface area contributed by atoms with Crippen LogP contribution in [-0.2, 0) is 6.42 Å². The van der Waals surface area contributed by atoms with Gasteiger partial charge in [0.2, 0.25) is 0 Å². The smallest absolute Gasteiger partial charge is 0.195 e. The Morgan fingerprint density at radius 3 is 2.80 bits per heavy atom. The maximum absolute atomic E-state index is 5.75. The molecule has 0 N–H and O–H groups in total. The standard InChI is InChI=1S/C16H20N2OS/c1-2-3-4-5-6-7-8-16-18-14-10-9-13(17-12-20)11-15(14)19-16/h9-11H,2-8H2,1H3. The summed E-state index contributed by atoms with van der Waals surface area (Å²) >= 11 is 4.60. The van der Waals surface area contributed by atoms with E-state index in [2.05, 4.69) is 34.3 Å². The number of oxazole rings is 1. The molecule has 0 radical (unpaired) electrons. The second kappa shape index (κ2) is 7.93. The number of aliphatic imine (C=N–C) groups is 1. The lowest BCUT2D eigenvalue weighted by molar-refractivity contribution is 0.505. The fourth-order valence-corrected chi connectivity index (χ4v) is 2.35. The average molecular weight is 288 g/mol. The SMILES string of the molecule is CCCCCCCCc1nc2ccc(N=C=S)cc2o1. The van der Waals surface area contributed by atoms with Crippen molar-refractivity contribution in [3.8, 4) is 0 Å². The first-order valence-electron chi connectivity index (χ1n) is 7.31. The zero-order valence-electron chi connectivity index (χ0n) is 11.9. The Hall–Kier alpha value is -1.51. The van der Waals surface area contributed by atoms with Crippen LogP contribution in [0.5, 0.6) is 0 Å². The molecule has 0 saturated carbocycles. The highest BCUT2D eigenvalue weighted by Gasteiger charge is 2.06. The molecule has 0 atom stereocenters. The van der Waals surface area contributed by atoms with Gasteiger partial charge in [-0.05, 0) is 30.8 Å². The lowest BCUT2D eigenvalue weighted by Crippen LogP contribution is -1.85. The van der Waals surface area contributed by atoms with Crippen molar-refractivity contribution in [3.05, 3.63) is 24.1 Å². The van der Waals surface area contributed by atoms with Gasteiger partial charge in [-0.2, -0.15) is 4.99 Å². The number of fused-ring (bicyclic) bond motifs is 1. The maximum atomic E-state index is 5.75. The fraction of sp³-hybridized carbons (Fsp3) is 0.500. The van der Waals surface area contributed by atoms with Crippen LogP contribution < -0.4 is 0 Å². The van der Waals surface area contributed by atoms with Gasteiger partial charge in [0.05, 0.1) is 10.8 Å². The van der Waals surface area contributed by atoms with Crippen LogP contribution in [0.2, 0.25) is 0 Å². The minimum Gasteiger partial charge on any atom is -0.441 e.